The zero-order chi connectivity index (χ0) is 10.8. The Hall–Kier alpha value is -2.17. The Balaban J connectivity index is 2.37. The topological polar surface area (TPSA) is 78.2 Å². The van der Waals surface area contributed by atoms with Crippen molar-refractivity contribution in [3.63, 3.8) is 0 Å². The number of aromatic amines is 1. The molecule has 3 N–H and O–H groups in total. The molecule has 0 spiro atoms. The lowest BCUT2D eigenvalue weighted by Crippen LogP contribution is -2.17. The van der Waals surface area contributed by atoms with Crippen LogP contribution in [0.2, 0.25) is 0 Å². The van der Waals surface area contributed by atoms with Crippen LogP contribution in [0.15, 0.2) is 35.1 Å². The molecular formula is C10H10N2O3. The van der Waals surface area contributed by atoms with Gasteiger partial charge in [0.15, 0.2) is 0 Å². The highest BCUT2D eigenvalue weighted by molar-refractivity contribution is 5.25. The second-order valence-corrected chi connectivity index (χ2v) is 3.17. The summed E-state index contributed by atoms with van der Waals surface area (Å²) in [5.41, 5.74) is 0.336. The Morgan fingerprint density at radius 3 is 2.40 bits per heavy atom. The highest BCUT2D eigenvalue weighted by Gasteiger charge is 2.11. The fraction of sp³-hybridized carbons (Fsp3) is 0.100. The quantitative estimate of drug-likeness (QED) is 0.674. The number of aromatic nitrogens is 2. The van der Waals surface area contributed by atoms with Gasteiger partial charge in [-0.2, -0.15) is 0 Å². The number of hydrogen-bond donors (Lipinski definition) is 3. The van der Waals surface area contributed by atoms with Crippen molar-refractivity contribution in [2.45, 2.75) is 6.54 Å². The van der Waals surface area contributed by atoms with Crippen LogP contribution >= 0.6 is 0 Å². The zero-order valence-electron chi connectivity index (χ0n) is 7.84. The van der Waals surface area contributed by atoms with Crippen molar-refractivity contribution in [3.05, 3.63) is 46.4 Å². The molecule has 0 unspecified atom stereocenters. The summed E-state index contributed by atoms with van der Waals surface area (Å²) < 4.78 is 1.06. The summed E-state index contributed by atoms with van der Waals surface area (Å²) >= 11 is 0. The van der Waals surface area contributed by atoms with Crippen molar-refractivity contribution in [3.8, 4) is 11.8 Å². The molecule has 1 heterocycles. The second kappa shape index (κ2) is 3.53. The Kier molecular flexibility index (Phi) is 2.21. The minimum Gasteiger partial charge on any atom is -0.491 e. The van der Waals surface area contributed by atoms with E-state index in [1.165, 1.54) is 0 Å². The molecular weight excluding hydrogens is 196 g/mol. The second-order valence-electron chi connectivity index (χ2n) is 3.17. The molecule has 0 aliphatic carbocycles. The van der Waals surface area contributed by atoms with Gasteiger partial charge in [-0.05, 0) is 5.56 Å². The van der Waals surface area contributed by atoms with Gasteiger partial charge in [-0.25, -0.2) is 4.79 Å². The van der Waals surface area contributed by atoms with Gasteiger partial charge in [-0.1, -0.05) is 30.3 Å². The molecule has 1 aromatic heterocycles. The SMILES string of the molecule is O=c1[nH]c(O)c(O)n1Cc1ccccc1. The summed E-state index contributed by atoms with van der Waals surface area (Å²) in [5.74, 6) is -0.945. The van der Waals surface area contributed by atoms with E-state index < -0.39 is 17.4 Å². The molecule has 0 fully saturated rings. The first-order valence-corrected chi connectivity index (χ1v) is 4.43. The van der Waals surface area contributed by atoms with Crippen molar-refractivity contribution < 1.29 is 10.2 Å². The van der Waals surface area contributed by atoms with E-state index in [1.807, 2.05) is 30.3 Å². The highest BCUT2D eigenvalue weighted by atomic mass is 16.3. The third kappa shape index (κ3) is 1.71. The van der Waals surface area contributed by atoms with Crippen LogP contribution < -0.4 is 5.69 Å². The normalized spacial score (nSPS) is 10.4. The summed E-state index contributed by atoms with van der Waals surface area (Å²) in [6.45, 7) is 0.225. The minimum atomic E-state index is -0.533. The van der Waals surface area contributed by atoms with E-state index in [0.29, 0.717) is 0 Å². The number of benzene rings is 1. The van der Waals surface area contributed by atoms with Gasteiger partial charge in [0.1, 0.15) is 0 Å². The lowest BCUT2D eigenvalue weighted by Gasteiger charge is -2.02. The van der Waals surface area contributed by atoms with E-state index in [0.717, 1.165) is 10.1 Å². The number of hydrogen-bond acceptors (Lipinski definition) is 3. The lowest BCUT2D eigenvalue weighted by atomic mass is 10.2. The molecule has 0 saturated heterocycles. The van der Waals surface area contributed by atoms with Crippen LogP contribution in [0.1, 0.15) is 5.56 Å². The number of aromatic hydroxyl groups is 2. The number of nitrogens with one attached hydrogen (secondary N) is 1. The van der Waals surface area contributed by atoms with E-state index >= 15 is 0 Å². The van der Waals surface area contributed by atoms with E-state index in [1.54, 1.807) is 0 Å². The molecule has 0 radical (unpaired) electrons. The summed E-state index contributed by atoms with van der Waals surface area (Å²) in [4.78, 5) is 13.4. The van der Waals surface area contributed by atoms with Gasteiger partial charge >= 0.3 is 5.69 Å². The molecule has 15 heavy (non-hydrogen) atoms. The smallest absolute Gasteiger partial charge is 0.331 e. The van der Waals surface area contributed by atoms with Crippen LogP contribution in [0.25, 0.3) is 0 Å². The van der Waals surface area contributed by atoms with E-state index in [4.69, 9.17) is 5.11 Å². The number of rotatable bonds is 2. The van der Waals surface area contributed by atoms with Crippen LogP contribution in [0.5, 0.6) is 11.8 Å². The molecule has 2 aromatic rings. The summed E-state index contributed by atoms with van der Waals surface area (Å²) in [7, 11) is 0. The molecule has 0 saturated carbocycles. The van der Waals surface area contributed by atoms with Crippen LogP contribution in [-0.4, -0.2) is 19.8 Å². The molecule has 0 atom stereocenters. The highest BCUT2D eigenvalue weighted by Crippen LogP contribution is 2.19. The van der Waals surface area contributed by atoms with E-state index in [2.05, 4.69) is 4.98 Å². The zero-order valence-corrected chi connectivity index (χ0v) is 7.84. The summed E-state index contributed by atoms with van der Waals surface area (Å²) in [5, 5.41) is 18.4. The fourth-order valence-corrected chi connectivity index (χ4v) is 1.36. The maximum atomic E-state index is 11.3. The largest absolute Gasteiger partial charge is 0.491 e. The predicted octanol–water partition coefficient (Wildman–Crippen LogP) is 0.636. The number of nitrogens with zero attached hydrogens (tertiary/aromatic N) is 1. The Morgan fingerprint density at radius 1 is 1.20 bits per heavy atom. The molecule has 0 aliphatic heterocycles. The van der Waals surface area contributed by atoms with E-state index in [-0.39, 0.29) is 6.54 Å². The average molecular weight is 206 g/mol. The van der Waals surface area contributed by atoms with Crippen molar-refractivity contribution >= 4 is 0 Å². The van der Waals surface area contributed by atoms with Crippen molar-refractivity contribution in [2.75, 3.05) is 0 Å². The molecule has 78 valence electrons. The van der Waals surface area contributed by atoms with Crippen LogP contribution in [0, 0.1) is 0 Å². The maximum absolute atomic E-state index is 11.3. The summed E-state index contributed by atoms with van der Waals surface area (Å²) in [6, 6.07) is 9.19. The van der Waals surface area contributed by atoms with Crippen molar-refractivity contribution in [1.82, 2.24) is 9.55 Å². The molecule has 0 bridgehead atoms. The van der Waals surface area contributed by atoms with Gasteiger partial charge < -0.3 is 10.2 Å². The van der Waals surface area contributed by atoms with Crippen LogP contribution in [0.4, 0.5) is 0 Å². The molecule has 5 nitrogen and oxygen atoms in total. The third-order valence-corrected chi connectivity index (χ3v) is 2.12. The minimum absolute atomic E-state index is 0.225. The van der Waals surface area contributed by atoms with Gasteiger partial charge in [0, 0.05) is 0 Å². The number of H-pyrrole nitrogens is 1. The molecule has 0 aliphatic rings. The Morgan fingerprint density at radius 2 is 1.87 bits per heavy atom. The maximum Gasteiger partial charge on any atom is 0.331 e. The van der Waals surface area contributed by atoms with Gasteiger partial charge in [-0.15, -0.1) is 0 Å². The lowest BCUT2D eigenvalue weighted by molar-refractivity contribution is 0.370. The first-order valence-electron chi connectivity index (χ1n) is 4.43. The van der Waals surface area contributed by atoms with Crippen molar-refractivity contribution in [1.29, 1.82) is 0 Å². The van der Waals surface area contributed by atoms with E-state index in [9.17, 15) is 9.90 Å². The molecule has 2 rings (SSSR count). The first-order chi connectivity index (χ1) is 7.18. The predicted molar refractivity (Wildman–Crippen MR) is 53.9 cm³/mol. The summed E-state index contributed by atoms with van der Waals surface area (Å²) in [6.07, 6.45) is 0. The number of imidazole rings is 1. The molecule has 0 amide bonds. The first kappa shape index (κ1) is 9.39. The fourth-order valence-electron chi connectivity index (χ4n) is 1.36. The Bertz CT molecular complexity index is 513. The van der Waals surface area contributed by atoms with Gasteiger partial charge in [0.25, 0.3) is 11.8 Å². The van der Waals surface area contributed by atoms with Gasteiger partial charge in [-0.3, -0.25) is 9.55 Å². The Labute approximate surface area is 85.2 Å². The third-order valence-electron chi connectivity index (χ3n) is 2.12. The average Bonchev–Trinajstić information content (AvgIpc) is 2.47. The standard InChI is InChI=1S/C10H10N2O3/c13-8-9(14)12(10(15)11-8)6-7-4-2-1-3-5-7/h1-5,13-14H,6H2,(H,11,15). The van der Waals surface area contributed by atoms with Gasteiger partial charge in [0.05, 0.1) is 6.54 Å². The monoisotopic (exact) mass is 206 g/mol. The van der Waals surface area contributed by atoms with Gasteiger partial charge in [0.2, 0.25) is 0 Å². The van der Waals surface area contributed by atoms with Crippen molar-refractivity contribution in [2.24, 2.45) is 0 Å². The van der Waals surface area contributed by atoms with Crippen LogP contribution in [0.3, 0.4) is 0 Å². The molecule has 1 aromatic carbocycles. The van der Waals surface area contributed by atoms with Crippen LogP contribution in [-0.2, 0) is 6.54 Å². The molecule has 5 heteroatoms.